The van der Waals surface area contributed by atoms with Gasteiger partial charge in [0.15, 0.2) is 0 Å². The van der Waals surface area contributed by atoms with Crippen LogP contribution in [-0.4, -0.2) is 28.3 Å². The van der Waals surface area contributed by atoms with E-state index < -0.39 is 7.82 Å². The van der Waals surface area contributed by atoms with Crippen LogP contribution >= 0.6 is 7.82 Å². The zero-order valence-corrected chi connectivity index (χ0v) is 8.65. The summed E-state index contributed by atoms with van der Waals surface area (Å²) in [5, 5.41) is 0. The van der Waals surface area contributed by atoms with Crippen molar-refractivity contribution in [2.45, 2.75) is 0 Å². The molecule has 0 unspecified atom stereocenters. The molecule has 0 aromatic carbocycles. The Labute approximate surface area is 84.6 Å². The minimum absolute atomic E-state index is 0. The zero-order valence-electron chi connectivity index (χ0n) is 4.60. The van der Waals surface area contributed by atoms with Crippen LogP contribution in [0.1, 0.15) is 0 Å². The molecule has 9 heteroatoms. The van der Waals surface area contributed by atoms with Gasteiger partial charge in [0.25, 0.3) is 0 Å². The maximum absolute atomic E-state index is 8.55. The van der Waals surface area contributed by atoms with Crippen LogP contribution in [0.3, 0.4) is 0 Å². The van der Waals surface area contributed by atoms with Gasteiger partial charge in [0, 0.05) is 0 Å². The Bertz CT molecular complexity index is 59.2. The first-order valence-corrected chi connectivity index (χ1v) is 2.19. The smallest absolute Gasteiger partial charge is 0.870 e. The van der Waals surface area contributed by atoms with Crippen LogP contribution in [0.15, 0.2) is 0 Å². The van der Waals surface area contributed by atoms with Crippen LogP contribution in [0.4, 0.5) is 0 Å². The number of rotatable bonds is 0. The van der Waals surface area contributed by atoms with E-state index in [1.54, 1.807) is 0 Å². The van der Waals surface area contributed by atoms with Gasteiger partial charge in [0.1, 0.15) is 0 Å². The predicted octanol–water partition coefficient (Wildman–Crippen LogP) is -7.20. The maximum atomic E-state index is 8.55. The fourth-order valence-corrected chi connectivity index (χ4v) is 0. The fraction of sp³-hybridized carbons (Fsp3) is 0. The summed E-state index contributed by atoms with van der Waals surface area (Å²) in [6.07, 6.45) is 0. The van der Waals surface area contributed by atoms with E-state index in [2.05, 4.69) is 0 Å². The molecule has 0 radical (unpaired) electrons. The molecule has 0 heterocycles. The van der Waals surface area contributed by atoms with E-state index in [0.717, 1.165) is 0 Å². The van der Waals surface area contributed by atoms with Crippen molar-refractivity contribution in [1.82, 2.24) is 0 Å². The minimum atomic E-state index is -5.39. The molecule has 0 atom stereocenters. The first kappa shape index (κ1) is 31.2. The Kier molecular flexibility index (Phi) is 42.5. The van der Waals surface area contributed by atoms with E-state index in [1.165, 1.54) is 0 Å². The standard InChI is InChI=1S/Al.Na.H3O4P.2H2O/c;;1-5(2,3)4;;/h;;(H3,1,2,3,4);2*1H2/q+3;+1;;;/p-4. The van der Waals surface area contributed by atoms with Gasteiger partial charge in [0.05, 0.1) is 0 Å². The van der Waals surface area contributed by atoms with Crippen LogP contribution in [0.5, 0.6) is 0 Å². The first-order chi connectivity index (χ1) is 2.00. The number of phosphoric acid groups is 1. The molecule has 3 N–H and O–H groups in total. The van der Waals surface area contributed by atoms with Gasteiger partial charge < -0.3 is 30.2 Å². The molecule has 6 nitrogen and oxygen atoms in total. The molecule has 0 bridgehead atoms. The SMILES string of the molecule is O.O=P([O-])([O-])[O-].[Al+3].[Na+].[OH-]. The molecule has 0 spiro atoms. The fourth-order valence-electron chi connectivity index (χ4n) is 0. The van der Waals surface area contributed by atoms with Crippen LogP contribution < -0.4 is 44.2 Å². The quantitative estimate of drug-likeness (QED) is 0.268. The van der Waals surface area contributed by atoms with Crippen molar-refractivity contribution >= 4 is 25.2 Å². The van der Waals surface area contributed by atoms with E-state index >= 15 is 0 Å². The van der Waals surface area contributed by atoms with E-state index in [1.807, 2.05) is 0 Å². The molecule has 0 aromatic rings. The summed E-state index contributed by atoms with van der Waals surface area (Å²) < 4.78 is 8.55. The van der Waals surface area contributed by atoms with Crippen LogP contribution in [-0.2, 0) is 4.57 Å². The van der Waals surface area contributed by atoms with Gasteiger partial charge in [-0.15, -0.1) is 0 Å². The summed E-state index contributed by atoms with van der Waals surface area (Å²) in [6.45, 7) is 0. The van der Waals surface area contributed by atoms with Crippen molar-refractivity contribution in [3.8, 4) is 0 Å². The van der Waals surface area contributed by atoms with Crippen LogP contribution in [0.2, 0.25) is 0 Å². The Morgan fingerprint density at radius 1 is 1.11 bits per heavy atom. The summed E-state index contributed by atoms with van der Waals surface area (Å²) in [7, 11) is -5.39. The Morgan fingerprint density at radius 2 is 1.11 bits per heavy atom. The summed E-state index contributed by atoms with van der Waals surface area (Å²) in [4.78, 5) is 25.6. The third-order valence-corrected chi connectivity index (χ3v) is 0. The average molecular weight is 180 g/mol. The Balaban J connectivity index is -0.0000000133. The molecule has 0 fully saturated rings. The molecule has 9 heavy (non-hydrogen) atoms. The van der Waals surface area contributed by atoms with Crippen LogP contribution in [0, 0.1) is 0 Å². The molecule has 0 aliphatic carbocycles. The van der Waals surface area contributed by atoms with E-state index in [0.29, 0.717) is 0 Å². The number of hydrogen-bond donors (Lipinski definition) is 0. The van der Waals surface area contributed by atoms with Crippen molar-refractivity contribution in [1.29, 1.82) is 0 Å². The monoisotopic (exact) mass is 180 g/mol. The van der Waals surface area contributed by atoms with Gasteiger partial charge in [-0.2, -0.15) is 7.82 Å². The second-order valence-electron chi connectivity index (χ2n) is 0.447. The predicted molar refractivity (Wildman–Crippen MR) is 18.9 cm³/mol. The molecular weight excluding hydrogens is 177 g/mol. The van der Waals surface area contributed by atoms with E-state index in [9.17, 15) is 0 Å². The topological polar surface area (TPSA) is 148 Å². The molecule has 0 aliphatic heterocycles. The first-order valence-electron chi connectivity index (χ1n) is 0.730. The molecule has 0 aromatic heterocycles. The van der Waals surface area contributed by atoms with Gasteiger partial charge in [-0.05, 0) is 0 Å². The van der Waals surface area contributed by atoms with Gasteiger partial charge in [-0.3, -0.25) is 0 Å². The Hall–Kier alpha value is 1.56. The minimum Gasteiger partial charge on any atom is -0.870 e. The molecule has 48 valence electrons. The molecule has 0 rings (SSSR count). The van der Waals surface area contributed by atoms with Gasteiger partial charge in [-0.1, -0.05) is 0 Å². The van der Waals surface area contributed by atoms with E-state index in [-0.39, 0.29) is 57.9 Å². The average Bonchev–Trinajstić information content (AvgIpc) is 0.722. The normalized spacial score (nSPS) is 6.56. The van der Waals surface area contributed by atoms with Crippen molar-refractivity contribution in [3.63, 3.8) is 0 Å². The molecule has 0 aliphatic rings. The number of hydrogen-bond acceptors (Lipinski definition) is 5. The van der Waals surface area contributed by atoms with Gasteiger partial charge in [-0.25, -0.2) is 0 Å². The van der Waals surface area contributed by atoms with Crippen molar-refractivity contribution < 1.29 is 59.8 Å². The van der Waals surface area contributed by atoms with E-state index in [4.69, 9.17) is 19.2 Å². The van der Waals surface area contributed by atoms with Gasteiger partial charge >= 0.3 is 46.9 Å². The summed E-state index contributed by atoms with van der Waals surface area (Å²) in [6, 6.07) is 0. The largest absolute Gasteiger partial charge is 3.00 e. The summed E-state index contributed by atoms with van der Waals surface area (Å²) in [5.74, 6) is 0. The maximum Gasteiger partial charge on any atom is 3.00 e. The molecule has 0 saturated heterocycles. The summed E-state index contributed by atoms with van der Waals surface area (Å²) >= 11 is 0. The summed E-state index contributed by atoms with van der Waals surface area (Å²) in [5.41, 5.74) is 0. The zero-order chi connectivity index (χ0) is 4.50. The Morgan fingerprint density at radius 3 is 1.11 bits per heavy atom. The second-order valence-corrected chi connectivity index (χ2v) is 1.34. The van der Waals surface area contributed by atoms with Crippen molar-refractivity contribution in [2.75, 3.05) is 0 Å². The van der Waals surface area contributed by atoms with Crippen LogP contribution in [0.25, 0.3) is 0 Å². The molecular formula is H3AlNaO6P. The van der Waals surface area contributed by atoms with Gasteiger partial charge in [0.2, 0.25) is 0 Å². The molecule has 0 amide bonds. The molecule has 0 saturated carbocycles. The third-order valence-electron chi connectivity index (χ3n) is 0. The van der Waals surface area contributed by atoms with Crippen molar-refractivity contribution in [2.24, 2.45) is 0 Å². The second kappa shape index (κ2) is 12.3. The third kappa shape index (κ3) is 224. The van der Waals surface area contributed by atoms with Crippen molar-refractivity contribution in [3.05, 3.63) is 0 Å².